The SMILES string of the molecule is OCC(O)CN1CCN(Cc2ccc(O)cc2)CC1. The van der Waals surface area contributed by atoms with Gasteiger partial charge in [0.05, 0.1) is 12.7 Å². The Labute approximate surface area is 113 Å². The predicted molar refractivity (Wildman–Crippen MR) is 72.9 cm³/mol. The third-order valence-corrected chi connectivity index (χ3v) is 3.49. The van der Waals surface area contributed by atoms with Gasteiger partial charge in [-0.05, 0) is 17.7 Å². The number of aromatic hydroxyl groups is 1. The summed E-state index contributed by atoms with van der Waals surface area (Å²) in [5, 5.41) is 27.5. The molecule has 1 heterocycles. The Morgan fingerprint density at radius 3 is 2.16 bits per heavy atom. The summed E-state index contributed by atoms with van der Waals surface area (Å²) < 4.78 is 0. The topological polar surface area (TPSA) is 67.2 Å². The van der Waals surface area contributed by atoms with Crippen LogP contribution in [0, 0.1) is 0 Å². The summed E-state index contributed by atoms with van der Waals surface area (Å²) in [6.45, 7) is 5.00. The second-order valence-electron chi connectivity index (χ2n) is 5.08. The van der Waals surface area contributed by atoms with Crippen LogP contribution in [0.4, 0.5) is 0 Å². The van der Waals surface area contributed by atoms with E-state index in [2.05, 4.69) is 9.80 Å². The minimum Gasteiger partial charge on any atom is -0.508 e. The number of piperazine rings is 1. The van der Waals surface area contributed by atoms with Crippen molar-refractivity contribution < 1.29 is 15.3 Å². The summed E-state index contributed by atoms with van der Waals surface area (Å²) in [6.07, 6.45) is -0.636. The maximum Gasteiger partial charge on any atom is 0.115 e. The van der Waals surface area contributed by atoms with Gasteiger partial charge in [-0.3, -0.25) is 9.80 Å². The number of aliphatic hydroxyl groups excluding tert-OH is 2. The van der Waals surface area contributed by atoms with E-state index in [0.29, 0.717) is 12.3 Å². The van der Waals surface area contributed by atoms with E-state index in [1.54, 1.807) is 12.1 Å². The summed E-state index contributed by atoms with van der Waals surface area (Å²) >= 11 is 0. The van der Waals surface area contributed by atoms with Crippen LogP contribution in [0.15, 0.2) is 24.3 Å². The van der Waals surface area contributed by atoms with Gasteiger partial charge < -0.3 is 15.3 Å². The van der Waals surface area contributed by atoms with Crippen LogP contribution in [0.25, 0.3) is 0 Å². The van der Waals surface area contributed by atoms with E-state index >= 15 is 0 Å². The summed E-state index contributed by atoms with van der Waals surface area (Å²) in [6, 6.07) is 7.31. The molecule has 0 saturated carbocycles. The van der Waals surface area contributed by atoms with Crippen molar-refractivity contribution in [1.29, 1.82) is 0 Å². The molecule has 106 valence electrons. The minimum absolute atomic E-state index is 0.173. The maximum absolute atomic E-state index is 9.41. The summed E-state index contributed by atoms with van der Waals surface area (Å²) in [5.74, 6) is 0.298. The largest absolute Gasteiger partial charge is 0.508 e. The van der Waals surface area contributed by atoms with Gasteiger partial charge in [-0.15, -0.1) is 0 Å². The molecule has 0 amide bonds. The highest BCUT2D eigenvalue weighted by molar-refractivity contribution is 5.25. The second-order valence-corrected chi connectivity index (χ2v) is 5.08. The highest BCUT2D eigenvalue weighted by Gasteiger charge is 2.18. The standard InChI is InChI=1S/C14H22N2O3/c17-11-14(19)10-16-7-5-15(6-8-16)9-12-1-3-13(18)4-2-12/h1-4,14,17-19H,5-11H2. The fourth-order valence-corrected chi connectivity index (χ4v) is 2.35. The van der Waals surface area contributed by atoms with Gasteiger partial charge >= 0.3 is 0 Å². The molecule has 1 aromatic carbocycles. The predicted octanol–water partition coefficient (Wildman–Crippen LogP) is -0.137. The first-order chi connectivity index (χ1) is 9.17. The third-order valence-electron chi connectivity index (χ3n) is 3.49. The van der Waals surface area contributed by atoms with Crippen LogP contribution in [-0.2, 0) is 6.54 Å². The maximum atomic E-state index is 9.41. The molecule has 1 fully saturated rings. The highest BCUT2D eigenvalue weighted by Crippen LogP contribution is 2.13. The lowest BCUT2D eigenvalue weighted by Crippen LogP contribution is -2.48. The number of β-amino-alcohol motifs (C(OH)–C–C–N with tert-alkyl or cyclic N) is 1. The van der Waals surface area contributed by atoms with Crippen molar-refractivity contribution >= 4 is 0 Å². The van der Waals surface area contributed by atoms with Crippen molar-refractivity contribution in [3.8, 4) is 5.75 Å². The van der Waals surface area contributed by atoms with Crippen molar-refractivity contribution in [3.63, 3.8) is 0 Å². The number of rotatable bonds is 5. The summed E-state index contributed by atoms with van der Waals surface area (Å²) in [4.78, 5) is 4.53. The van der Waals surface area contributed by atoms with Gasteiger partial charge in [-0.25, -0.2) is 0 Å². The van der Waals surface area contributed by atoms with Gasteiger partial charge in [-0.2, -0.15) is 0 Å². The molecule has 1 unspecified atom stereocenters. The van der Waals surface area contributed by atoms with E-state index in [1.165, 1.54) is 5.56 Å². The van der Waals surface area contributed by atoms with Crippen LogP contribution in [0.3, 0.4) is 0 Å². The van der Waals surface area contributed by atoms with E-state index in [1.807, 2.05) is 12.1 Å². The average Bonchev–Trinajstić information content (AvgIpc) is 2.43. The number of phenols is 1. The van der Waals surface area contributed by atoms with Gasteiger partial charge in [0.15, 0.2) is 0 Å². The number of benzene rings is 1. The lowest BCUT2D eigenvalue weighted by Gasteiger charge is -2.35. The van der Waals surface area contributed by atoms with Gasteiger partial charge in [0, 0.05) is 39.3 Å². The zero-order valence-corrected chi connectivity index (χ0v) is 11.1. The van der Waals surface area contributed by atoms with Gasteiger partial charge in [0.2, 0.25) is 0 Å². The van der Waals surface area contributed by atoms with Crippen LogP contribution < -0.4 is 0 Å². The molecule has 1 saturated heterocycles. The van der Waals surface area contributed by atoms with Crippen molar-refractivity contribution in [2.24, 2.45) is 0 Å². The molecule has 1 aromatic rings. The average molecular weight is 266 g/mol. The molecule has 0 aliphatic carbocycles. The van der Waals surface area contributed by atoms with Crippen LogP contribution in [0.2, 0.25) is 0 Å². The molecule has 0 spiro atoms. The molecule has 1 aliphatic heterocycles. The van der Waals surface area contributed by atoms with E-state index in [-0.39, 0.29) is 6.61 Å². The Hall–Kier alpha value is -1.14. The third kappa shape index (κ3) is 4.47. The Morgan fingerprint density at radius 2 is 1.58 bits per heavy atom. The second kappa shape index (κ2) is 6.86. The number of phenolic OH excluding ortho intramolecular Hbond substituents is 1. The zero-order valence-electron chi connectivity index (χ0n) is 11.1. The lowest BCUT2D eigenvalue weighted by atomic mass is 10.2. The van der Waals surface area contributed by atoms with Gasteiger partial charge in [0.1, 0.15) is 5.75 Å². The summed E-state index contributed by atoms with van der Waals surface area (Å²) in [5.41, 5.74) is 1.20. The molecule has 0 bridgehead atoms. The monoisotopic (exact) mass is 266 g/mol. The Morgan fingerprint density at radius 1 is 1.00 bits per heavy atom. The van der Waals surface area contributed by atoms with Gasteiger partial charge in [0.25, 0.3) is 0 Å². The number of nitrogens with zero attached hydrogens (tertiary/aromatic N) is 2. The van der Waals surface area contributed by atoms with Crippen LogP contribution in [0.1, 0.15) is 5.56 Å². The first-order valence-corrected chi connectivity index (χ1v) is 6.69. The molecule has 1 atom stereocenters. The minimum atomic E-state index is -0.636. The molecule has 1 aliphatic rings. The highest BCUT2D eigenvalue weighted by atomic mass is 16.3. The van der Waals surface area contributed by atoms with E-state index in [9.17, 15) is 10.2 Å². The normalized spacial score (nSPS) is 19.5. The van der Waals surface area contributed by atoms with Gasteiger partial charge in [-0.1, -0.05) is 12.1 Å². The molecule has 0 radical (unpaired) electrons. The number of hydrogen-bond acceptors (Lipinski definition) is 5. The molecule has 5 nitrogen and oxygen atoms in total. The molecule has 19 heavy (non-hydrogen) atoms. The molecular formula is C14H22N2O3. The quantitative estimate of drug-likeness (QED) is 0.692. The smallest absolute Gasteiger partial charge is 0.115 e. The Kier molecular flexibility index (Phi) is 5.15. The van der Waals surface area contributed by atoms with Crippen LogP contribution in [-0.4, -0.2) is 70.6 Å². The van der Waals surface area contributed by atoms with Crippen molar-refractivity contribution in [2.45, 2.75) is 12.6 Å². The van der Waals surface area contributed by atoms with E-state index in [4.69, 9.17) is 5.11 Å². The Balaban J connectivity index is 1.75. The molecular weight excluding hydrogens is 244 g/mol. The number of hydrogen-bond donors (Lipinski definition) is 3. The number of aliphatic hydroxyl groups is 2. The first-order valence-electron chi connectivity index (χ1n) is 6.69. The summed E-state index contributed by atoms with van der Waals surface area (Å²) in [7, 11) is 0. The van der Waals surface area contributed by atoms with Crippen molar-refractivity contribution in [1.82, 2.24) is 9.80 Å². The molecule has 3 N–H and O–H groups in total. The molecule has 5 heteroatoms. The lowest BCUT2D eigenvalue weighted by molar-refractivity contribution is 0.0383. The van der Waals surface area contributed by atoms with E-state index < -0.39 is 6.10 Å². The Bertz CT molecular complexity index is 375. The van der Waals surface area contributed by atoms with E-state index in [0.717, 1.165) is 32.7 Å². The zero-order chi connectivity index (χ0) is 13.7. The molecule has 0 aromatic heterocycles. The fraction of sp³-hybridized carbons (Fsp3) is 0.571. The van der Waals surface area contributed by atoms with Crippen LogP contribution >= 0.6 is 0 Å². The van der Waals surface area contributed by atoms with Crippen molar-refractivity contribution in [2.75, 3.05) is 39.3 Å². The van der Waals surface area contributed by atoms with Crippen molar-refractivity contribution in [3.05, 3.63) is 29.8 Å². The van der Waals surface area contributed by atoms with Crippen LogP contribution in [0.5, 0.6) is 5.75 Å². The fourth-order valence-electron chi connectivity index (χ4n) is 2.35. The first kappa shape index (κ1) is 14.3. The molecule has 2 rings (SSSR count).